The number of carboxylic acids is 1. The minimum atomic E-state index is -1.20. The van der Waals surface area contributed by atoms with Crippen LogP contribution < -0.4 is 5.32 Å². The number of alkyl halides is 2. The number of ether oxygens (including phenoxy) is 2. The molecule has 2 N–H and O–H groups in total. The highest BCUT2D eigenvalue weighted by Gasteiger charge is 2.25. The summed E-state index contributed by atoms with van der Waals surface area (Å²) in [4.78, 5) is 47.9. The first-order chi connectivity index (χ1) is 15.9. The Hall–Kier alpha value is -2.79. The molecule has 0 unspecified atom stereocenters. The van der Waals surface area contributed by atoms with E-state index in [1.807, 2.05) is 0 Å². The number of nitrogens with one attached hydrogen (secondary N) is 1. The normalized spacial score (nSPS) is 11.9. The number of rotatable bonds is 12. The Morgan fingerprint density at radius 3 is 2.32 bits per heavy atom. The van der Waals surface area contributed by atoms with Crippen LogP contribution in [0.4, 0.5) is 15.3 Å². The SMILES string of the molecule is CC(C)(C)OC(=O)N[C@@H](CC(=O)O)Cc1cc(COC(=O)N(CCCl)CCCl)ccc1[N+](=O)[O-]. The molecule has 1 aromatic rings. The molecule has 1 aromatic carbocycles. The third-order valence-electron chi connectivity index (χ3n) is 4.28. The Bertz CT molecular complexity index is 870. The highest BCUT2D eigenvalue weighted by atomic mass is 35.5. The zero-order chi connectivity index (χ0) is 25.9. The highest BCUT2D eigenvalue weighted by Crippen LogP contribution is 2.23. The van der Waals surface area contributed by atoms with E-state index in [4.69, 9.17) is 32.7 Å². The van der Waals surface area contributed by atoms with Crippen molar-refractivity contribution in [2.75, 3.05) is 24.8 Å². The van der Waals surface area contributed by atoms with E-state index in [0.717, 1.165) is 0 Å². The monoisotopic (exact) mass is 521 g/mol. The standard InChI is InChI=1S/C21H29Cl2N3O8/c1-21(2,3)34-19(29)24-16(12-18(27)28)11-15-10-14(4-5-17(15)26(31)32)13-33-20(30)25(8-6-22)9-7-23/h4-5,10,16H,6-9,11-13H2,1-3H3,(H,24,29)(H,27,28)/t16-/m1/s1. The molecule has 11 nitrogen and oxygen atoms in total. The zero-order valence-corrected chi connectivity index (χ0v) is 20.7. The average Bonchev–Trinajstić information content (AvgIpc) is 2.69. The maximum Gasteiger partial charge on any atom is 0.410 e. The number of hydrogen-bond donors (Lipinski definition) is 2. The van der Waals surface area contributed by atoms with E-state index in [1.54, 1.807) is 20.8 Å². The van der Waals surface area contributed by atoms with E-state index in [2.05, 4.69) is 5.32 Å². The molecular weight excluding hydrogens is 493 g/mol. The molecule has 1 rings (SSSR count). The van der Waals surface area contributed by atoms with Gasteiger partial charge in [0, 0.05) is 48.9 Å². The van der Waals surface area contributed by atoms with Gasteiger partial charge in [-0.05, 0) is 38.5 Å². The van der Waals surface area contributed by atoms with Crippen molar-refractivity contribution >= 4 is 47.0 Å². The van der Waals surface area contributed by atoms with Crippen LogP contribution in [0.5, 0.6) is 0 Å². The van der Waals surface area contributed by atoms with E-state index in [0.29, 0.717) is 5.56 Å². The number of alkyl carbamates (subject to hydrolysis) is 1. The molecule has 0 aliphatic carbocycles. The van der Waals surface area contributed by atoms with Crippen LogP contribution in [0.1, 0.15) is 38.3 Å². The molecule has 1 atom stereocenters. The van der Waals surface area contributed by atoms with Crippen LogP contribution in [0.2, 0.25) is 0 Å². The third kappa shape index (κ3) is 10.9. The maximum atomic E-state index is 12.2. The number of nitro groups is 1. The van der Waals surface area contributed by atoms with Gasteiger partial charge in [-0.15, -0.1) is 23.2 Å². The van der Waals surface area contributed by atoms with Crippen molar-refractivity contribution in [2.45, 2.75) is 51.9 Å². The van der Waals surface area contributed by atoms with Crippen molar-refractivity contribution in [1.82, 2.24) is 10.2 Å². The van der Waals surface area contributed by atoms with Gasteiger partial charge in [0.05, 0.1) is 11.3 Å². The van der Waals surface area contributed by atoms with Gasteiger partial charge in [-0.1, -0.05) is 0 Å². The van der Waals surface area contributed by atoms with Crippen molar-refractivity contribution in [1.29, 1.82) is 0 Å². The summed E-state index contributed by atoms with van der Waals surface area (Å²) in [6.07, 6.45) is -2.13. The number of nitro benzene ring substituents is 1. The van der Waals surface area contributed by atoms with Gasteiger partial charge in [0.1, 0.15) is 12.2 Å². The second-order valence-electron chi connectivity index (χ2n) is 8.28. The van der Waals surface area contributed by atoms with E-state index in [9.17, 15) is 29.6 Å². The number of halogens is 2. The van der Waals surface area contributed by atoms with Crippen LogP contribution in [-0.4, -0.2) is 69.6 Å². The minimum absolute atomic E-state index is 0.158. The molecule has 0 aliphatic heterocycles. The minimum Gasteiger partial charge on any atom is -0.481 e. The Morgan fingerprint density at radius 2 is 1.82 bits per heavy atom. The van der Waals surface area contributed by atoms with E-state index < -0.39 is 41.1 Å². The second-order valence-corrected chi connectivity index (χ2v) is 9.04. The van der Waals surface area contributed by atoms with E-state index >= 15 is 0 Å². The van der Waals surface area contributed by atoms with Crippen molar-refractivity contribution in [2.24, 2.45) is 0 Å². The lowest BCUT2D eigenvalue weighted by molar-refractivity contribution is -0.385. The van der Waals surface area contributed by atoms with Crippen LogP contribution in [0.15, 0.2) is 18.2 Å². The maximum absolute atomic E-state index is 12.2. The molecule has 0 spiro atoms. The van der Waals surface area contributed by atoms with Crippen LogP contribution in [-0.2, 0) is 27.3 Å². The molecule has 0 radical (unpaired) electrons. The number of carbonyl (C=O) groups is 3. The topological polar surface area (TPSA) is 148 Å². The molecule has 190 valence electrons. The summed E-state index contributed by atoms with van der Waals surface area (Å²) in [6.45, 7) is 5.24. The van der Waals surface area contributed by atoms with Crippen LogP contribution >= 0.6 is 23.2 Å². The first kappa shape index (κ1) is 29.2. The molecule has 0 heterocycles. The third-order valence-corrected chi connectivity index (χ3v) is 4.62. The molecule has 0 saturated heterocycles. The number of benzene rings is 1. The zero-order valence-electron chi connectivity index (χ0n) is 19.2. The van der Waals surface area contributed by atoms with Crippen molar-refractivity contribution in [3.8, 4) is 0 Å². The molecule has 0 bridgehead atoms. The van der Waals surface area contributed by atoms with Crippen LogP contribution in [0.3, 0.4) is 0 Å². The molecule has 2 amide bonds. The molecular formula is C21H29Cl2N3O8. The first-order valence-corrected chi connectivity index (χ1v) is 11.4. The van der Waals surface area contributed by atoms with Gasteiger partial charge in [-0.2, -0.15) is 0 Å². The second kappa shape index (κ2) is 13.8. The fourth-order valence-corrected chi connectivity index (χ4v) is 3.34. The number of carbonyl (C=O) groups excluding carboxylic acids is 2. The largest absolute Gasteiger partial charge is 0.481 e. The quantitative estimate of drug-likeness (QED) is 0.238. The number of aliphatic carboxylic acids is 1. The first-order valence-electron chi connectivity index (χ1n) is 10.4. The predicted molar refractivity (Wildman–Crippen MR) is 125 cm³/mol. The number of carboxylic acid groups (broad SMARTS) is 1. The number of nitrogens with zero attached hydrogens (tertiary/aromatic N) is 2. The summed E-state index contributed by atoms with van der Waals surface area (Å²) in [7, 11) is 0. The van der Waals surface area contributed by atoms with E-state index in [1.165, 1.54) is 23.1 Å². The molecule has 0 fully saturated rings. The summed E-state index contributed by atoms with van der Waals surface area (Å²) >= 11 is 11.4. The lowest BCUT2D eigenvalue weighted by Gasteiger charge is -2.23. The Balaban J connectivity index is 3.06. The fourth-order valence-electron chi connectivity index (χ4n) is 2.93. The van der Waals surface area contributed by atoms with Crippen molar-refractivity contribution in [3.63, 3.8) is 0 Å². The molecule has 34 heavy (non-hydrogen) atoms. The lowest BCUT2D eigenvalue weighted by atomic mass is 9.99. The van der Waals surface area contributed by atoms with Gasteiger partial charge in [0.2, 0.25) is 0 Å². The van der Waals surface area contributed by atoms with Gasteiger partial charge >= 0.3 is 18.2 Å². The summed E-state index contributed by atoms with van der Waals surface area (Å²) in [5, 5.41) is 23.2. The van der Waals surface area contributed by atoms with E-state index in [-0.39, 0.29) is 49.1 Å². The summed E-state index contributed by atoms with van der Waals surface area (Å²) in [5.41, 5.74) is -0.465. The Morgan fingerprint density at radius 1 is 1.21 bits per heavy atom. The fraction of sp³-hybridized carbons (Fsp3) is 0.571. The van der Waals surface area contributed by atoms with Gasteiger partial charge < -0.3 is 24.8 Å². The molecule has 0 aliphatic rings. The molecule has 0 saturated carbocycles. The Kier molecular flexibility index (Phi) is 11.9. The predicted octanol–water partition coefficient (Wildman–Crippen LogP) is 3.92. The van der Waals surface area contributed by atoms with Crippen LogP contribution in [0.25, 0.3) is 0 Å². The summed E-state index contributed by atoms with van der Waals surface area (Å²) in [6, 6.07) is 3.12. The van der Waals surface area contributed by atoms with Crippen molar-refractivity contribution in [3.05, 3.63) is 39.4 Å². The smallest absolute Gasteiger partial charge is 0.410 e. The number of hydrogen-bond acceptors (Lipinski definition) is 7. The molecule has 13 heteroatoms. The van der Waals surface area contributed by atoms with Crippen LogP contribution in [0, 0.1) is 10.1 Å². The summed E-state index contributed by atoms with van der Waals surface area (Å²) in [5.74, 6) is -0.806. The van der Waals surface area contributed by atoms with Gasteiger partial charge in [0.25, 0.3) is 5.69 Å². The van der Waals surface area contributed by atoms with Gasteiger partial charge in [-0.25, -0.2) is 9.59 Å². The molecule has 0 aromatic heterocycles. The van der Waals surface area contributed by atoms with Crippen molar-refractivity contribution < 1.29 is 33.9 Å². The Labute approximate surface area is 207 Å². The average molecular weight is 522 g/mol. The van der Waals surface area contributed by atoms with Gasteiger partial charge in [0.15, 0.2) is 0 Å². The summed E-state index contributed by atoms with van der Waals surface area (Å²) < 4.78 is 10.4. The number of amides is 2. The highest BCUT2D eigenvalue weighted by molar-refractivity contribution is 6.18. The lowest BCUT2D eigenvalue weighted by Crippen LogP contribution is -2.41. The van der Waals surface area contributed by atoms with Gasteiger partial charge in [-0.3, -0.25) is 14.9 Å².